The minimum Gasteiger partial charge on any atom is -0.507 e. The first-order valence-corrected chi connectivity index (χ1v) is 17.3. The van der Waals surface area contributed by atoms with Gasteiger partial charge in [-0.25, -0.2) is 4.79 Å². The number of hydrogen-bond acceptors (Lipinski definition) is 19. The van der Waals surface area contributed by atoms with Crippen molar-refractivity contribution in [2.45, 2.75) is 61.2 Å². The quantitative estimate of drug-likeness (QED) is 0.0700. The first kappa shape index (κ1) is 41.2. The van der Waals surface area contributed by atoms with Crippen LogP contribution >= 0.6 is 0 Å². The number of carbonyl (C=O) groups excluding carboxylic acids is 1. The molecule has 19 nitrogen and oxygen atoms in total. The molecule has 10 N–H and O–H groups in total. The molecule has 4 aromatic rings. The number of fused-ring (bicyclic) bond motifs is 1. The number of rotatable bonds is 11. The number of hydrogen-bond donors (Lipinski definition) is 10. The summed E-state index contributed by atoms with van der Waals surface area (Å²) in [4.78, 5) is 26.0. The summed E-state index contributed by atoms with van der Waals surface area (Å²) in [5.41, 5.74) is -0.952. The predicted molar refractivity (Wildman–Crippen MR) is 192 cm³/mol. The molecule has 57 heavy (non-hydrogen) atoms. The van der Waals surface area contributed by atoms with Crippen LogP contribution in [0, 0.1) is 0 Å². The number of aliphatic hydroxyl groups is 6. The van der Waals surface area contributed by atoms with Gasteiger partial charge in [0.25, 0.3) is 0 Å². The lowest BCUT2D eigenvalue weighted by molar-refractivity contribution is -0.342. The van der Waals surface area contributed by atoms with Crippen LogP contribution in [-0.4, -0.2) is 140 Å². The summed E-state index contributed by atoms with van der Waals surface area (Å²) in [7, 11) is 2.66. The number of carbonyl (C=O) groups is 1. The summed E-state index contributed by atoms with van der Waals surface area (Å²) in [6.45, 7) is -1.58. The number of phenols is 4. The van der Waals surface area contributed by atoms with E-state index in [9.17, 15) is 60.7 Å². The van der Waals surface area contributed by atoms with Crippen LogP contribution in [0.1, 0.15) is 17.2 Å². The van der Waals surface area contributed by atoms with Crippen molar-refractivity contribution in [2.24, 2.45) is 0 Å². The Hall–Kier alpha value is -5.48. The number of esters is 1. The van der Waals surface area contributed by atoms with E-state index in [1.165, 1.54) is 56.7 Å². The Morgan fingerprint density at radius 3 is 2.12 bits per heavy atom. The largest absolute Gasteiger partial charge is 0.507 e. The Balaban J connectivity index is 1.27. The standard InChI is InChI=1S/C38H40O19/c1-51-22-9-15(3-6-17(22)40)4-8-27(44)53-14-26-31(46)33(48)35(50)38(56-26)57-37-34(49)30(45)25(13-39)55-36(37)29-20(43)12-24-28(32(29)47)19(42)11-21(54-24)16-5-7-18(41)23(10-16)52-2/h3-12,25-26,30-31,33-41,43,45-50H,13-14H2,1-2H3/t25-,26-,30-,31-,33+,34+,35-,36+,37-,38+/m1/s1. The fraction of sp³-hybridized carbons (Fsp3) is 0.368. The molecular weight excluding hydrogens is 760 g/mol. The molecule has 3 aromatic carbocycles. The molecule has 2 fully saturated rings. The summed E-state index contributed by atoms with van der Waals surface area (Å²) in [5.74, 6) is -2.73. The van der Waals surface area contributed by atoms with Gasteiger partial charge in [-0.05, 0) is 42.0 Å². The first-order chi connectivity index (χ1) is 27.2. The number of ether oxygens (including phenoxy) is 6. The molecule has 10 atom stereocenters. The van der Waals surface area contributed by atoms with Gasteiger partial charge in [0.2, 0.25) is 0 Å². The molecular formula is C38H40O19. The highest BCUT2D eigenvalue weighted by Gasteiger charge is 2.52. The monoisotopic (exact) mass is 800 g/mol. The molecule has 0 spiro atoms. The maximum Gasteiger partial charge on any atom is 0.330 e. The SMILES string of the molecule is COc1cc(C=CC(=O)OC[C@H]2O[C@@H](O[C@@H]3[C@@H](O)[C@H](O)[C@@H](CO)O[C@H]3c3c(O)cc4oc(-c5ccc(O)c(OC)c5)cc(=O)c4c3O)[C@H](O)[C@@H](O)[C@@H]2O)ccc1O. The number of benzene rings is 3. The maximum absolute atomic E-state index is 13.5. The lowest BCUT2D eigenvalue weighted by Gasteiger charge is -2.46. The van der Waals surface area contributed by atoms with E-state index in [0.29, 0.717) is 5.56 Å². The zero-order valence-electron chi connectivity index (χ0n) is 30.1. The minimum absolute atomic E-state index is 0.0372. The van der Waals surface area contributed by atoms with E-state index in [0.717, 1.165) is 18.2 Å². The molecule has 3 heterocycles. The van der Waals surface area contributed by atoms with Crippen molar-refractivity contribution in [3.63, 3.8) is 0 Å². The summed E-state index contributed by atoms with van der Waals surface area (Å²) in [5, 5.41) is 106. The van der Waals surface area contributed by atoms with Crippen LogP contribution in [0.15, 0.2) is 63.8 Å². The van der Waals surface area contributed by atoms with Gasteiger partial charge in [0.15, 0.2) is 34.7 Å². The van der Waals surface area contributed by atoms with Crippen molar-refractivity contribution in [1.29, 1.82) is 0 Å². The lowest BCUT2D eigenvalue weighted by Crippen LogP contribution is -2.63. The van der Waals surface area contributed by atoms with E-state index in [-0.39, 0.29) is 39.9 Å². The fourth-order valence-corrected chi connectivity index (χ4v) is 6.53. The average molecular weight is 801 g/mol. The molecule has 2 aliphatic heterocycles. The highest BCUT2D eigenvalue weighted by molar-refractivity contribution is 5.88. The molecule has 0 radical (unpaired) electrons. The number of aliphatic hydroxyl groups excluding tert-OH is 6. The second-order valence-electron chi connectivity index (χ2n) is 13.2. The minimum atomic E-state index is -2.04. The van der Waals surface area contributed by atoms with Gasteiger partial charge < -0.3 is 83.9 Å². The molecule has 1 aromatic heterocycles. The van der Waals surface area contributed by atoms with E-state index in [4.69, 9.17) is 32.8 Å². The van der Waals surface area contributed by atoms with Crippen molar-refractivity contribution < 1.29 is 88.7 Å². The zero-order chi connectivity index (χ0) is 41.3. The van der Waals surface area contributed by atoms with Gasteiger partial charge >= 0.3 is 5.97 Å². The Labute approximate surface area is 321 Å². The van der Waals surface area contributed by atoms with Gasteiger partial charge in [-0.3, -0.25) is 4.79 Å². The number of methoxy groups -OCH3 is 2. The Morgan fingerprint density at radius 2 is 1.44 bits per heavy atom. The highest BCUT2D eigenvalue weighted by Crippen LogP contribution is 2.46. The Morgan fingerprint density at radius 1 is 0.772 bits per heavy atom. The summed E-state index contributed by atoms with van der Waals surface area (Å²) in [6, 6.07) is 10.4. The molecule has 0 aliphatic carbocycles. The van der Waals surface area contributed by atoms with Gasteiger partial charge in [-0.2, -0.15) is 0 Å². The Kier molecular flexibility index (Phi) is 12.2. The van der Waals surface area contributed by atoms with E-state index in [2.05, 4.69) is 0 Å². The fourth-order valence-electron chi connectivity index (χ4n) is 6.53. The molecule has 6 rings (SSSR count). The van der Waals surface area contributed by atoms with Crippen LogP contribution in [0.2, 0.25) is 0 Å². The molecule has 19 heteroatoms. The van der Waals surface area contributed by atoms with Crippen LogP contribution in [0.3, 0.4) is 0 Å². The lowest BCUT2D eigenvalue weighted by atomic mass is 9.89. The maximum atomic E-state index is 13.5. The van der Waals surface area contributed by atoms with Crippen molar-refractivity contribution in [1.82, 2.24) is 0 Å². The smallest absolute Gasteiger partial charge is 0.330 e. The van der Waals surface area contributed by atoms with Crippen molar-refractivity contribution >= 4 is 23.0 Å². The second-order valence-corrected chi connectivity index (χ2v) is 13.2. The van der Waals surface area contributed by atoms with Gasteiger partial charge in [0.1, 0.15) is 89.8 Å². The van der Waals surface area contributed by atoms with Gasteiger partial charge in [-0.15, -0.1) is 0 Å². The third kappa shape index (κ3) is 8.19. The van der Waals surface area contributed by atoms with E-state index < -0.39 is 108 Å². The van der Waals surface area contributed by atoms with Gasteiger partial charge in [0.05, 0.1) is 26.4 Å². The second kappa shape index (κ2) is 16.9. The summed E-state index contributed by atoms with van der Waals surface area (Å²) >= 11 is 0. The molecule has 2 aliphatic rings. The van der Waals surface area contributed by atoms with Crippen LogP contribution in [0.5, 0.6) is 34.5 Å². The van der Waals surface area contributed by atoms with E-state index in [1.54, 1.807) is 0 Å². The van der Waals surface area contributed by atoms with E-state index in [1.807, 2.05) is 0 Å². The zero-order valence-corrected chi connectivity index (χ0v) is 30.1. The number of aromatic hydroxyl groups is 4. The summed E-state index contributed by atoms with van der Waals surface area (Å²) in [6.07, 6.45) is -16.2. The van der Waals surface area contributed by atoms with E-state index >= 15 is 0 Å². The first-order valence-electron chi connectivity index (χ1n) is 17.3. The third-order valence-electron chi connectivity index (χ3n) is 9.59. The molecule has 0 bridgehead atoms. The normalized spacial score (nSPS) is 27.7. The van der Waals surface area contributed by atoms with Crippen LogP contribution in [0.25, 0.3) is 28.4 Å². The topological polar surface area (TPSA) is 305 Å². The van der Waals surface area contributed by atoms with Crippen molar-refractivity contribution in [3.05, 3.63) is 76.0 Å². The van der Waals surface area contributed by atoms with Gasteiger partial charge in [-0.1, -0.05) is 6.07 Å². The molecule has 0 unspecified atom stereocenters. The summed E-state index contributed by atoms with van der Waals surface area (Å²) < 4.78 is 38.4. The third-order valence-corrected chi connectivity index (χ3v) is 9.59. The van der Waals surface area contributed by atoms with Crippen LogP contribution < -0.4 is 14.9 Å². The molecule has 0 amide bonds. The van der Waals surface area contributed by atoms with Crippen LogP contribution in [0.4, 0.5) is 0 Å². The Bertz CT molecular complexity index is 2180. The highest BCUT2D eigenvalue weighted by atomic mass is 16.7. The molecule has 306 valence electrons. The predicted octanol–water partition coefficient (Wildman–Crippen LogP) is -0.0970. The van der Waals surface area contributed by atoms with Gasteiger partial charge in [0, 0.05) is 23.8 Å². The average Bonchev–Trinajstić information content (AvgIpc) is 3.19. The molecule has 2 saturated heterocycles. The van der Waals surface area contributed by atoms with Crippen molar-refractivity contribution in [3.8, 4) is 45.8 Å². The van der Waals surface area contributed by atoms with Crippen LogP contribution in [-0.2, 0) is 23.7 Å². The molecule has 0 saturated carbocycles. The van der Waals surface area contributed by atoms with Crippen molar-refractivity contribution in [2.75, 3.05) is 27.4 Å². The number of phenolic OH excluding ortho intramolecular Hbond substituents is 4.